The van der Waals surface area contributed by atoms with Crippen molar-refractivity contribution in [2.45, 2.75) is 31.7 Å². The van der Waals surface area contributed by atoms with E-state index in [4.69, 9.17) is 9.97 Å². The fraction of sp³-hybridized carbons (Fsp3) is 0.333. The molecule has 1 aliphatic rings. The lowest BCUT2D eigenvalue weighted by molar-refractivity contribution is 0.281. The van der Waals surface area contributed by atoms with Gasteiger partial charge in [-0.1, -0.05) is 30.3 Å². The summed E-state index contributed by atoms with van der Waals surface area (Å²) in [5.41, 5.74) is 2.32. The highest BCUT2D eigenvalue weighted by molar-refractivity contribution is 7.17. The van der Waals surface area contributed by atoms with E-state index >= 15 is 0 Å². The van der Waals surface area contributed by atoms with Crippen LogP contribution >= 0.6 is 11.3 Å². The van der Waals surface area contributed by atoms with Gasteiger partial charge in [-0.15, -0.1) is 11.3 Å². The zero-order valence-electron chi connectivity index (χ0n) is 13.0. The molecule has 1 unspecified atom stereocenters. The van der Waals surface area contributed by atoms with Gasteiger partial charge in [-0.2, -0.15) is 0 Å². The highest BCUT2D eigenvalue weighted by atomic mass is 32.1. The van der Waals surface area contributed by atoms with Crippen LogP contribution in [0.25, 0.3) is 21.3 Å². The van der Waals surface area contributed by atoms with Gasteiger partial charge in [-0.3, -0.25) is 0 Å². The van der Waals surface area contributed by atoms with Gasteiger partial charge >= 0.3 is 0 Å². The van der Waals surface area contributed by atoms with Crippen molar-refractivity contribution in [3.63, 3.8) is 0 Å². The number of hydrogen-bond acceptors (Lipinski definition) is 5. The molecule has 23 heavy (non-hydrogen) atoms. The Morgan fingerprint density at radius 1 is 1.26 bits per heavy atom. The Hall–Kier alpha value is -1.98. The van der Waals surface area contributed by atoms with Crippen LogP contribution in [-0.4, -0.2) is 27.7 Å². The van der Waals surface area contributed by atoms with Gasteiger partial charge in [0.05, 0.1) is 12.0 Å². The first-order valence-electron chi connectivity index (χ1n) is 7.98. The summed E-state index contributed by atoms with van der Waals surface area (Å²) in [6.07, 6.45) is 2.36. The van der Waals surface area contributed by atoms with E-state index in [1.54, 1.807) is 11.3 Å². The molecular weight excluding hydrogens is 306 g/mol. The number of aliphatic hydroxyl groups excluding tert-OH is 1. The number of rotatable bonds is 5. The lowest BCUT2D eigenvalue weighted by atomic mass is 10.1. The number of nitrogens with zero attached hydrogens (tertiary/aromatic N) is 2. The van der Waals surface area contributed by atoms with Gasteiger partial charge in [0, 0.05) is 22.9 Å². The molecule has 0 radical (unpaired) electrons. The Labute approximate surface area is 139 Å². The van der Waals surface area contributed by atoms with Crippen LogP contribution in [0, 0.1) is 0 Å². The summed E-state index contributed by atoms with van der Waals surface area (Å²) in [7, 11) is 0. The minimum atomic E-state index is -0.0383. The number of aliphatic hydroxyl groups is 1. The first-order valence-corrected chi connectivity index (χ1v) is 8.86. The Morgan fingerprint density at radius 2 is 2.04 bits per heavy atom. The number of benzene rings is 1. The van der Waals surface area contributed by atoms with Crippen molar-refractivity contribution >= 4 is 27.4 Å². The number of hydrogen-bond donors (Lipinski definition) is 2. The molecule has 0 bridgehead atoms. The molecule has 0 saturated heterocycles. The highest BCUT2D eigenvalue weighted by Gasteiger charge is 2.28. The molecule has 2 N–H and O–H groups in total. The van der Waals surface area contributed by atoms with Crippen LogP contribution in [-0.2, 0) is 0 Å². The summed E-state index contributed by atoms with van der Waals surface area (Å²) in [6.45, 7) is 2.04. The maximum Gasteiger partial charge on any atom is 0.139 e. The third kappa shape index (κ3) is 2.82. The lowest BCUT2D eigenvalue weighted by Crippen LogP contribution is -2.20. The Kier molecular flexibility index (Phi) is 3.75. The molecule has 4 rings (SSSR count). The second-order valence-electron chi connectivity index (χ2n) is 6.13. The second kappa shape index (κ2) is 5.91. The topological polar surface area (TPSA) is 58.0 Å². The van der Waals surface area contributed by atoms with Crippen molar-refractivity contribution in [1.29, 1.82) is 0 Å². The van der Waals surface area contributed by atoms with Crippen LogP contribution in [0.15, 0.2) is 35.7 Å². The Balaban J connectivity index is 1.88. The third-order valence-electron chi connectivity index (χ3n) is 4.14. The third-order valence-corrected chi connectivity index (χ3v) is 5.01. The molecule has 0 spiro atoms. The van der Waals surface area contributed by atoms with Crippen molar-refractivity contribution < 1.29 is 5.11 Å². The van der Waals surface area contributed by atoms with Crippen LogP contribution in [0.3, 0.4) is 0 Å². The monoisotopic (exact) mass is 325 g/mol. The molecule has 1 saturated carbocycles. The molecule has 1 aromatic carbocycles. The van der Waals surface area contributed by atoms with Crippen molar-refractivity contribution in [1.82, 2.24) is 9.97 Å². The minimum Gasteiger partial charge on any atom is -0.394 e. The summed E-state index contributed by atoms with van der Waals surface area (Å²) in [6, 6.07) is 10.3. The van der Waals surface area contributed by atoms with E-state index in [0.29, 0.717) is 5.92 Å². The van der Waals surface area contributed by atoms with E-state index in [2.05, 4.69) is 22.8 Å². The van der Waals surface area contributed by atoms with Gasteiger partial charge in [0.2, 0.25) is 0 Å². The standard InChI is InChI=1S/C18H19N3OS/c1-11(9-22)19-17-15-14(12-5-3-2-4-6-12)10-23-18(15)21-16(20-17)13-7-8-13/h2-6,10-11,13,22H,7-9H2,1H3,(H,19,20,21). The molecule has 2 aromatic heterocycles. The van der Waals surface area contributed by atoms with E-state index in [-0.39, 0.29) is 12.6 Å². The Bertz CT molecular complexity index is 827. The minimum absolute atomic E-state index is 0.0383. The average Bonchev–Trinajstić information content (AvgIpc) is 3.35. The largest absolute Gasteiger partial charge is 0.394 e. The number of fused-ring (bicyclic) bond motifs is 1. The van der Waals surface area contributed by atoms with Gasteiger partial charge in [-0.05, 0) is 25.3 Å². The van der Waals surface area contributed by atoms with Crippen molar-refractivity contribution in [3.8, 4) is 11.1 Å². The van der Waals surface area contributed by atoms with E-state index in [9.17, 15) is 5.11 Å². The van der Waals surface area contributed by atoms with Crippen molar-refractivity contribution in [2.75, 3.05) is 11.9 Å². The van der Waals surface area contributed by atoms with E-state index in [1.807, 2.05) is 25.1 Å². The smallest absolute Gasteiger partial charge is 0.139 e. The number of aromatic nitrogens is 2. The van der Waals surface area contributed by atoms with Gasteiger partial charge in [-0.25, -0.2) is 9.97 Å². The van der Waals surface area contributed by atoms with Gasteiger partial charge in [0.1, 0.15) is 16.5 Å². The fourth-order valence-corrected chi connectivity index (χ4v) is 3.65. The maximum atomic E-state index is 9.39. The molecule has 3 aromatic rings. The molecule has 118 valence electrons. The summed E-state index contributed by atoms with van der Waals surface area (Å²) < 4.78 is 0. The predicted molar refractivity (Wildman–Crippen MR) is 95.0 cm³/mol. The molecular formula is C18H19N3OS. The van der Waals surface area contributed by atoms with E-state index < -0.39 is 0 Å². The summed E-state index contributed by atoms with van der Waals surface area (Å²) in [5, 5.41) is 16.0. The average molecular weight is 325 g/mol. The molecule has 1 aliphatic carbocycles. The molecule has 4 nitrogen and oxygen atoms in total. The van der Waals surface area contributed by atoms with Gasteiger partial charge < -0.3 is 10.4 Å². The van der Waals surface area contributed by atoms with Gasteiger partial charge in [0.25, 0.3) is 0 Å². The zero-order valence-corrected chi connectivity index (χ0v) is 13.8. The summed E-state index contributed by atoms with van der Waals surface area (Å²) in [5.74, 6) is 2.29. The maximum absolute atomic E-state index is 9.39. The summed E-state index contributed by atoms with van der Waals surface area (Å²) >= 11 is 1.66. The quantitative estimate of drug-likeness (QED) is 0.743. The van der Waals surface area contributed by atoms with Crippen LogP contribution in [0.2, 0.25) is 0 Å². The molecule has 1 fully saturated rings. The van der Waals surface area contributed by atoms with E-state index in [0.717, 1.165) is 27.4 Å². The summed E-state index contributed by atoms with van der Waals surface area (Å²) in [4.78, 5) is 10.6. The predicted octanol–water partition coefficient (Wildman–Crippen LogP) is 4.03. The number of nitrogens with one attached hydrogen (secondary N) is 1. The molecule has 0 amide bonds. The van der Waals surface area contributed by atoms with Gasteiger partial charge in [0.15, 0.2) is 0 Å². The SMILES string of the molecule is CC(CO)Nc1nc(C2CC2)nc2scc(-c3ccccc3)c12. The van der Waals surface area contributed by atoms with Crippen LogP contribution in [0.5, 0.6) is 0 Å². The lowest BCUT2D eigenvalue weighted by Gasteiger charge is -2.14. The van der Waals surface area contributed by atoms with Crippen LogP contribution < -0.4 is 5.32 Å². The van der Waals surface area contributed by atoms with Crippen LogP contribution in [0.4, 0.5) is 5.82 Å². The van der Waals surface area contributed by atoms with E-state index in [1.165, 1.54) is 18.4 Å². The molecule has 5 heteroatoms. The normalized spacial score (nSPS) is 15.7. The first-order chi connectivity index (χ1) is 11.3. The van der Waals surface area contributed by atoms with Crippen molar-refractivity contribution in [2.24, 2.45) is 0 Å². The zero-order chi connectivity index (χ0) is 15.8. The Morgan fingerprint density at radius 3 is 2.74 bits per heavy atom. The first kappa shape index (κ1) is 14.6. The van der Waals surface area contributed by atoms with Crippen LogP contribution in [0.1, 0.15) is 31.5 Å². The number of thiophene rings is 1. The fourth-order valence-electron chi connectivity index (χ4n) is 2.70. The molecule has 2 heterocycles. The second-order valence-corrected chi connectivity index (χ2v) is 6.99. The number of anilines is 1. The highest BCUT2D eigenvalue weighted by Crippen LogP contribution is 2.42. The molecule has 1 atom stereocenters. The van der Waals surface area contributed by atoms with Crippen molar-refractivity contribution in [3.05, 3.63) is 41.5 Å². The molecule has 0 aliphatic heterocycles.